The second-order valence-electron chi connectivity index (χ2n) is 12.5. The summed E-state index contributed by atoms with van der Waals surface area (Å²) in [5.74, 6) is 1.93. The Labute approximate surface area is 225 Å². The van der Waals surface area contributed by atoms with Crippen LogP contribution in [-0.2, 0) is 0 Å². The largest absolute Gasteiger partial charge is 0.0654 e. The van der Waals surface area contributed by atoms with Crippen molar-refractivity contribution >= 4 is 0 Å². The fourth-order valence-corrected chi connectivity index (χ4v) is 5.77. The van der Waals surface area contributed by atoms with E-state index in [-0.39, 0.29) is 0 Å². The summed E-state index contributed by atoms with van der Waals surface area (Å²) in [6.45, 7) is 9.60. The molecule has 2 unspecified atom stereocenters. The van der Waals surface area contributed by atoms with E-state index in [1.165, 1.54) is 186 Å². The first-order chi connectivity index (χ1) is 17.2. The molecule has 0 nitrogen and oxygen atoms in total. The molecule has 0 amide bonds. The third-order valence-corrected chi connectivity index (χ3v) is 8.49. The monoisotopic (exact) mass is 493 g/mol. The van der Waals surface area contributed by atoms with Crippen LogP contribution in [0.4, 0.5) is 0 Å². The highest BCUT2D eigenvalue weighted by Gasteiger charge is 2.03. The van der Waals surface area contributed by atoms with Crippen LogP contribution in [0.25, 0.3) is 0 Å². The zero-order valence-electron chi connectivity index (χ0n) is 25.7. The molecule has 212 valence electrons. The van der Waals surface area contributed by atoms with Crippen LogP contribution in [0.1, 0.15) is 214 Å². The number of hydrogen-bond donors (Lipinski definition) is 0. The maximum Gasteiger partial charge on any atom is -0.0443 e. The van der Waals surface area contributed by atoms with Crippen LogP contribution in [0.15, 0.2) is 0 Å². The van der Waals surface area contributed by atoms with Gasteiger partial charge in [0.1, 0.15) is 0 Å². The van der Waals surface area contributed by atoms with Gasteiger partial charge in [0.15, 0.2) is 0 Å². The van der Waals surface area contributed by atoms with Crippen molar-refractivity contribution in [3.05, 3.63) is 0 Å². The molecule has 0 radical (unpaired) electrons. The first-order valence-corrected chi connectivity index (χ1v) is 17.2. The van der Waals surface area contributed by atoms with Crippen LogP contribution >= 0.6 is 0 Å². The van der Waals surface area contributed by atoms with E-state index in [2.05, 4.69) is 27.7 Å². The zero-order chi connectivity index (χ0) is 25.7. The van der Waals surface area contributed by atoms with Gasteiger partial charge in [-0.1, -0.05) is 214 Å². The van der Waals surface area contributed by atoms with E-state index >= 15 is 0 Å². The van der Waals surface area contributed by atoms with E-state index in [1.54, 1.807) is 0 Å². The topological polar surface area (TPSA) is 0 Å². The molecule has 0 aliphatic carbocycles. The van der Waals surface area contributed by atoms with Gasteiger partial charge in [0.05, 0.1) is 0 Å². The normalized spacial score (nSPS) is 13.4. The van der Waals surface area contributed by atoms with Crippen molar-refractivity contribution in [2.75, 3.05) is 0 Å². The van der Waals surface area contributed by atoms with Crippen molar-refractivity contribution in [2.45, 2.75) is 214 Å². The summed E-state index contributed by atoms with van der Waals surface area (Å²) in [5.41, 5.74) is 0. The lowest BCUT2D eigenvalue weighted by Crippen LogP contribution is -1.95. The molecule has 0 bridgehead atoms. The van der Waals surface area contributed by atoms with Gasteiger partial charge in [-0.25, -0.2) is 0 Å². The van der Waals surface area contributed by atoms with Crippen LogP contribution in [0.3, 0.4) is 0 Å². The Balaban J connectivity index is 3.20. The SMILES string of the molecule is CCCCCCCCCCCCCCC(C)CCCCCCCCCCCC(C)CCCCCC. The van der Waals surface area contributed by atoms with Gasteiger partial charge in [-0.05, 0) is 11.8 Å². The first-order valence-electron chi connectivity index (χ1n) is 17.2. The second-order valence-corrected chi connectivity index (χ2v) is 12.5. The van der Waals surface area contributed by atoms with Crippen LogP contribution in [0.2, 0.25) is 0 Å². The molecule has 0 heteroatoms. The summed E-state index contributed by atoms with van der Waals surface area (Å²) in [6.07, 6.45) is 42.6. The standard InChI is InChI=1S/C35H72/c1-5-7-9-11-12-13-14-15-17-20-23-28-32-35(4)33-29-25-22-19-16-18-21-24-27-31-34(3)30-26-10-8-6-2/h34-35H,5-33H2,1-4H3. The number of unbranched alkanes of at least 4 members (excludes halogenated alkanes) is 22. The molecule has 0 saturated heterocycles. The minimum Gasteiger partial charge on any atom is -0.0654 e. The minimum atomic E-state index is 0.965. The fourth-order valence-electron chi connectivity index (χ4n) is 5.77. The van der Waals surface area contributed by atoms with Crippen LogP contribution in [0, 0.1) is 11.8 Å². The molecule has 0 aliphatic rings. The molecular formula is C35H72. The lowest BCUT2D eigenvalue weighted by molar-refractivity contribution is 0.426. The average molecular weight is 493 g/mol. The minimum absolute atomic E-state index is 0.965. The van der Waals surface area contributed by atoms with Crippen LogP contribution in [0.5, 0.6) is 0 Å². The molecule has 0 aromatic heterocycles. The molecule has 0 heterocycles. The van der Waals surface area contributed by atoms with E-state index in [0.29, 0.717) is 0 Å². The summed E-state index contributed by atoms with van der Waals surface area (Å²) in [4.78, 5) is 0. The summed E-state index contributed by atoms with van der Waals surface area (Å²) >= 11 is 0. The summed E-state index contributed by atoms with van der Waals surface area (Å²) in [6, 6.07) is 0. The molecule has 0 aromatic carbocycles. The van der Waals surface area contributed by atoms with E-state index < -0.39 is 0 Å². The first kappa shape index (κ1) is 35.0. The van der Waals surface area contributed by atoms with E-state index in [4.69, 9.17) is 0 Å². The van der Waals surface area contributed by atoms with Gasteiger partial charge < -0.3 is 0 Å². The zero-order valence-corrected chi connectivity index (χ0v) is 25.7. The van der Waals surface area contributed by atoms with Crippen molar-refractivity contribution in [3.8, 4) is 0 Å². The third kappa shape index (κ3) is 30.1. The Morgan fingerprint density at radius 3 is 0.657 bits per heavy atom. The van der Waals surface area contributed by atoms with Crippen LogP contribution in [-0.4, -0.2) is 0 Å². The van der Waals surface area contributed by atoms with E-state index in [0.717, 1.165) is 11.8 Å². The molecule has 0 spiro atoms. The van der Waals surface area contributed by atoms with Gasteiger partial charge in [0, 0.05) is 0 Å². The number of hydrogen-bond acceptors (Lipinski definition) is 0. The highest BCUT2D eigenvalue weighted by Crippen LogP contribution is 2.20. The molecular weight excluding hydrogens is 420 g/mol. The summed E-state index contributed by atoms with van der Waals surface area (Å²) < 4.78 is 0. The predicted molar refractivity (Wildman–Crippen MR) is 164 cm³/mol. The van der Waals surface area contributed by atoms with Gasteiger partial charge in [0.2, 0.25) is 0 Å². The predicted octanol–water partition coefficient (Wildman–Crippen LogP) is 13.6. The number of rotatable bonds is 30. The Kier molecular flexibility index (Phi) is 30.2. The van der Waals surface area contributed by atoms with E-state index in [1.807, 2.05) is 0 Å². The van der Waals surface area contributed by atoms with Crippen molar-refractivity contribution in [1.82, 2.24) is 0 Å². The molecule has 0 aliphatic heterocycles. The van der Waals surface area contributed by atoms with Gasteiger partial charge in [-0.15, -0.1) is 0 Å². The van der Waals surface area contributed by atoms with Crippen LogP contribution < -0.4 is 0 Å². The van der Waals surface area contributed by atoms with Gasteiger partial charge in [-0.3, -0.25) is 0 Å². The molecule has 0 aromatic rings. The second kappa shape index (κ2) is 30.2. The van der Waals surface area contributed by atoms with Crippen molar-refractivity contribution in [1.29, 1.82) is 0 Å². The highest BCUT2D eigenvalue weighted by atomic mass is 14.1. The Morgan fingerprint density at radius 1 is 0.257 bits per heavy atom. The summed E-state index contributed by atoms with van der Waals surface area (Å²) in [5, 5.41) is 0. The Hall–Kier alpha value is 0. The van der Waals surface area contributed by atoms with Gasteiger partial charge in [-0.2, -0.15) is 0 Å². The Bertz CT molecular complexity index is 359. The molecule has 35 heavy (non-hydrogen) atoms. The van der Waals surface area contributed by atoms with Crippen molar-refractivity contribution in [2.24, 2.45) is 11.8 Å². The lowest BCUT2D eigenvalue weighted by Gasteiger charge is -2.11. The van der Waals surface area contributed by atoms with E-state index in [9.17, 15) is 0 Å². The highest BCUT2D eigenvalue weighted by molar-refractivity contribution is 4.57. The molecule has 2 atom stereocenters. The molecule has 0 rings (SSSR count). The fraction of sp³-hybridized carbons (Fsp3) is 1.00. The van der Waals surface area contributed by atoms with Gasteiger partial charge >= 0.3 is 0 Å². The molecule has 0 saturated carbocycles. The smallest absolute Gasteiger partial charge is 0.0443 e. The van der Waals surface area contributed by atoms with Gasteiger partial charge in [0.25, 0.3) is 0 Å². The Morgan fingerprint density at radius 2 is 0.429 bits per heavy atom. The maximum atomic E-state index is 2.50. The third-order valence-electron chi connectivity index (χ3n) is 8.49. The quantitative estimate of drug-likeness (QED) is 0.0874. The summed E-state index contributed by atoms with van der Waals surface area (Å²) in [7, 11) is 0. The van der Waals surface area contributed by atoms with Crippen molar-refractivity contribution in [3.63, 3.8) is 0 Å². The molecule has 0 N–H and O–H groups in total. The van der Waals surface area contributed by atoms with Crippen molar-refractivity contribution < 1.29 is 0 Å². The average Bonchev–Trinajstić information content (AvgIpc) is 2.85. The molecule has 0 fully saturated rings. The maximum absolute atomic E-state index is 2.50. The lowest BCUT2D eigenvalue weighted by atomic mass is 9.95.